The van der Waals surface area contributed by atoms with Gasteiger partial charge in [0.15, 0.2) is 0 Å². The number of anilines is 2. The van der Waals surface area contributed by atoms with Crippen LogP contribution in [0.4, 0.5) is 24.5 Å². The van der Waals surface area contributed by atoms with Gasteiger partial charge >= 0.3 is 5.51 Å². The highest BCUT2D eigenvalue weighted by atomic mass is 32.2. The summed E-state index contributed by atoms with van der Waals surface area (Å²) < 4.78 is 36.0. The minimum Gasteiger partial charge on any atom is -0.399 e. The number of nitrogen functional groups attached to an aromatic ring is 1. The summed E-state index contributed by atoms with van der Waals surface area (Å²) in [4.78, 5) is 1.98. The van der Waals surface area contributed by atoms with Crippen LogP contribution in [-0.4, -0.2) is 24.4 Å². The molecule has 6 heteroatoms. The Balaban J connectivity index is 1.94. The number of halogens is 3. The highest BCUT2D eigenvalue weighted by molar-refractivity contribution is 8.00. The van der Waals surface area contributed by atoms with Crippen molar-refractivity contribution in [2.75, 3.05) is 29.5 Å². The minimum absolute atomic E-state index is 0.0319. The fraction of sp³-hybridized carbons (Fsp3) is 0.455. The van der Waals surface area contributed by atoms with Crippen molar-refractivity contribution in [1.29, 1.82) is 0 Å². The lowest BCUT2D eigenvalue weighted by Gasteiger charge is -2.19. The number of nitrogens with zero attached hydrogens (tertiary/aromatic N) is 1. The normalized spacial score (nSPS) is 15.1. The van der Waals surface area contributed by atoms with Gasteiger partial charge in [-0.1, -0.05) is 0 Å². The molecule has 1 aliphatic heterocycles. The van der Waals surface area contributed by atoms with E-state index in [4.69, 9.17) is 5.73 Å². The molecule has 0 aliphatic carbocycles. The topological polar surface area (TPSA) is 29.3 Å². The largest absolute Gasteiger partial charge is 0.441 e. The molecule has 17 heavy (non-hydrogen) atoms. The Morgan fingerprint density at radius 3 is 2.82 bits per heavy atom. The third-order valence-corrected chi connectivity index (χ3v) is 3.44. The van der Waals surface area contributed by atoms with Gasteiger partial charge in [-0.2, -0.15) is 13.2 Å². The van der Waals surface area contributed by atoms with Gasteiger partial charge in [0.05, 0.1) is 0 Å². The summed E-state index contributed by atoms with van der Waals surface area (Å²) in [7, 11) is 0. The fourth-order valence-corrected chi connectivity index (χ4v) is 2.54. The molecular formula is C11H13F3N2S. The van der Waals surface area contributed by atoms with Crippen molar-refractivity contribution in [3.63, 3.8) is 0 Å². The number of fused-ring (bicyclic) bond motifs is 1. The zero-order valence-corrected chi connectivity index (χ0v) is 9.94. The molecule has 1 aromatic rings. The van der Waals surface area contributed by atoms with Crippen LogP contribution in [0.2, 0.25) is 0 Å². The van der Waals surface area contributed by atoms with E-state index in [9.17, 15) is 13.2 Å². The van der Waals surface area contributed by atoms with E-state index in [0.717, 1.165) is 24.2 Å². The summed E-state index contributed by atoms with van der Waals surface area (Å²) in [5.74, 6) is 0.0628. The van der Waals surface area contributed by atoms with E-state index < -0.39 is 5.51 Å². The van der Waals surface area contributed by atoms with Gasteiger partial charge in [0.1, 0.15) is 0 Å². The number of thioether (sulfide) groups is 1. The van der Waals surface area contributed by atoms with Gasteiger partial charge in [-0.3, -0.25) is 0 Å². The molecule has 0 saturated carbocycles. The van der Waals surface area contributed by atoms with Gasteiger partial charge in [0.2, 0.25) is 0 Å². The molecule has 0 amide bonds. The van der Waals surface area contributed by atoms with Gasteiger partial charge in [0.25, 0.3) is 0 Å². The molecule has 1 heterocycles. The van der Waals surface area contributed by atoms with Crippen LogP contribution in [0.5, 0.6) is 0 Å². The third-order valence-electron chi connectivity index (χ3n) is 2.72. The molecule has 94 valence electrons. The van der Waals surface area contributed by atoms with Gasteiger partial charge in [0, 0.05) is 30.2 Å². The van der Waals surface area contributed by atoms with Gasteiger partial charge in [-0.05, 0) is 41.9 Å². The molecular weight excluding hydrogens is 249 g/mol. The number of hydrogen-bond acceptors (Lipinski definition) is 3. The molecule has 0 radical (unpaired) electrons. The Bertz CT molecular complexity index is 406. The highest BCUT2D eigenvalue weighted by Gasteiger charge is 2.28. The van der Waals surface area contributed by atoms with E-state index in [0.29, 0.717) is 12.2 Å². The molecule has 2 rings (SSSR count). The van der Waals surface area contributed by atoms with Crippen molar-refractivity contribution in [1.82, 2.24) is 0 Å². The van der Waals surface area contributed by atoms with Crippen LogP contribution < -0.4 is 10.6 Å². The van der Waals surface area contributed by atoms with Crippen molar-refractivity contribution in [2.45, 2.75) is 11.9 Å². The van der Waals surface area contributed by atoms with E-state index in [-0.39, 0.29) is 17.5 Å². The van der Waals surface area contributed by atoms with Crippen LogP contribution >= 0.6 is 11.8 Å². The first-order valence-corrected chi connectivity index (χ1v) is 6.28. The lowest BCUT2D eigenvalue weighted by atomic mass is 10.1. The van der Waals surface area contributed by atoms with Crippen LogP contribution in [0, 0.1) is 0 Å². The standard InChI is InChI=1S/C11H13F3N2S/c12-11(13,14)17-6-5-16-4-3-8-7-9(15)1-2-10(8)16/h1-2,7H,3-6,15H2. The van der Waals surface area contributed by atoms with Crippen LogP contribution in [0.25, 0.3) is 0 Å². The molecule has 2 nitrogen and oxygen atoms in total. The van der Waals surface area contributed by atoms with Crippen LogP contribution in [0.1, 0.15) is 5.56 Å². The average molecular weight is 262 g/mol. The number of nitrogens with two attached hydrogens (primary N) is 1. The lowest BCUT2D eigenvalue weighted by Crippen LogP contribution is -2.24. The zero-order chi connectivity index (χ0) is 12.5. The summed E-state index contributed by atoms with van der Waals surface area (Å²) in [6, 6.07) is 5.57. The van der Waals surface area contributed by atoms with Crippen LogP contribution in [0.15, 0.2) is 18.2 Å². The zero-order valence-electron chi connectivity index (χ0n) is 9.13. The Kier molecular flexibility index (Phi) is 3.42. The van der Waals surface area contributed by atoms with E-state index in [1.165, 1.54) is 0 Å². The number of alkyl halides is 3. The second kappa shape index (κ2) is 4.68. The van der Waals surface area contributed by atoms with E-state index in [1.54, 1.807) is 6.07 Å². The second-order valence-electron chi connectivity index (χ2n) is 3.92. The van der Waals surface area contributed by atoms with Gasteiger partial charge < -0.3 is 10.6 Å². The Morgan fingerprint density at radius 1 is 1.35 bits per heavy atom. The number of rotatable bonds is 3. The maximum absolute atomic E-state index is 12.0. The van der Waals surface area contributed by atoms with E-state index in [2.05, 4.69) is 0 Å². The first kappa shape index (κ1) is 12.4. The molecule has 1 aromatic carbocycles. The second-order valence-corrected chi connectivity index (χ2v) is 5.08. The summed E-state index contributed by atoms with van der Waals surface area (Å²) in [6.07, 6.45) is 0.858. The maximum Gasteiger partial charge on any atom is 0.441 e. The van der Waals surface area contributed by atoms with Gasteiger partial charge in [-0.15, -0.1) is 0 Å². The SMILES string of the molecule is Nc1ccc2c(c1)CCN2CCSC(F)(F)F. The first-order chi connectivity index (χ1) is 7.96. The van der Waals surface area contributed by atoms with Crippen molar-refractivity contribution in [2.24, 2.45) is 0 Å². The monoisotopic (exact) mass is 262 g/mol. The molecule has 0 aromatic heterocycles. The quantitative estimate of drug-likeness (QED) is 0.849. The predicted molar refractivity (Wildman–Crippen MR) is 65.3 cm³/mol. The minimum atomic E-state index is -4.14. The summed E-state index contributed by atoms with van der Waals surface area (Å²) in [6.45, 7) is 1.19. The van der Waals surface area contributed by atoms with Gasteiger partial charge in [-0.25, -0.2) is 0 Å². The number of hydrogen-bond donors (Lipinski definition) is 1. The molecule has 2 N–H and O–H groups in total. The summed E-state index contributed by atoms with van der Waals surface area (Å²) >= 11 is 0.0319. The Hall–Kier alpha value is -1.04. The maximum atomic E-state index is 12.0. The highest BCUT2D eigenvalue weighted by Crippen LogP contribution is 2.32. The molecule has 0 spiro atoms. The average Bonchev–Trinajstić information content (AvgIpc) is 2.59. The first-order valence-electron chi connectivity index (χ1n) is 5.30. The molecule has 0 unspecified atom stereocenters. The van der Waals surface area contributed by atoms with Crippen molar-refractivity contribution in [3.05, 3.63) is 23.8 Å². The molecule has 0 saturated heterocycles. The van der Waals surface area contributed by atoms with Crippen molar-refractivity contribution < 1.29 is 13.2 Å². The molecule has 0 fully saturated rings. The van der Waals surface area contributed by atoms with Crippen LogP contribution in [0.3, 0.4) is 0 Å². The lowest BCUT2D eigenvalue weighted by molar-refractivity contribution is -0.0327. The Morgan fingerprint density at radius 2 is 2.12 bits per heavy atom. The van der Waals surface area contributed by atoms with E-state index >= 15 is 0 Å². The molecule has 0 bridgehead atoms. The third kappa shape index (κ3) is 3.21. The predicted octanol–water partition coefficient (Wildman–Crippen LogP) is 2.88. The van der Waals surface area contributed by atoms with Crippen LogP contribution in [-0.2, 0) is 6.42 Å². The number of benzene rings is 1. The van der Waals surface area contributed by atoms with Crippen molar-refractivity contribution >= 4 is 23.1 Å². The summed E-state index contributed by atoms with van der Waals surface area (Å²) in [5, 5.41) is 0. The Labute approximate surface area is 102 Å². The smallest absolute Gasteiger partial charge is 0.399 e. The molecule has 0 atom stereocenters. The van der Waals surface area contributed by atoms with Crippen molar-refractivity contribution in [3.8, 4) is 0 Å². The van der Waals surface area contributed by atoms with E-state index in [1.807, 2.05) is 17.0 Å². The summed E-state index contributed by atoms with van der Waals surface area (Å²) in [5.41, 5.74) is 4.37. The molecule has 1 aliphatic rings. The fourth-order valence-electron chi connectivity index (χ4n) is 1.99.